The molecule has 0 N–H and O–H groups in total. The van der Waals surface area contributed by atoms with E-state index >= 15 is 0 Å². The zero-order chi connectivity index (χ0) is 12.6. The molecule has 2 atom stereocenters. The number of hydrogen-bond donors (Lipinski definition) is 0. The standard InChI is InChI=1S/C13H15ClINO/c1-8-9(2)16(6-5-13(8)17)12-4-3-10(14)7-11(12)15/h3-4,7-9H,5-6H2,1-2H3. The van der Waals surface area contributed by atoms with Crippen molar-refractivity contribution in [3.8, 4) is 0 Å². The number of halogens is 2. The Morgan fingerprint density at radius 3 is 2.76 bits per heavy atom. The molecule has 17 heavy (non-hydrogen) atoms. The monoisotopic (exact) mass is 363 g/mol. The fourth-order valence-corrected chi connectivity index (χ4v) is 3.44. The van der Waals surface area contributed by atoms with Gasteiger partial charge in [0.1, 0.15) is 5.78 Å². The van der Waals surface area contributed by atoms with Crippen molar-refractivity contribution in [2.45, 2.75) is 26.3 Å². The minimum atomic E-state index is 0.107. The van der Waals surface area contributed by atoms with E-state index in [1.165, 1.54) is 5.69 Å². The Bertz CT molecular complexity index is 449. The third kappa shape index (κ3) is 2.60. The van der Waals surface area contributed by atoms with Gasteiger partial charge in [-0.25, -0.2) is 0 Å². The van der Waals surface area contributed by atoms with Crippen LogP contribution in [0.1, 0.15) is 20.3 Å². The lowest BCUT2D eigenvalue weighted by Crippen LogP contribution is -2.47. The molecule has 0 aliphatic carbocycles. The maximum absolute atomic E-state index is 11.7. The summed E-state index contributed by atoms with van der Waals surface area (Å²) in [7, 11) is 0. The quantitative estimate of drug-likeness (QED) is 0.708. The lowest BCUT2D eigenvalue weighted by molar-refractivity contribution is -0.123. The molecular formula is C13H15ClINO. The second kappa shape index (κ2) is 5.14. The van der Waals surface area contributed by atoms with Crippen LogP contribution >= 0.6 is 34.2 Å². The first-order valence-corrected chi connectivity index (χ1v) is 7.21. The van der Waals surface area contributed by atoms with Crippen LogP contribution in [0.15, 0.2) is 18.2 Å². The maximum atomic E-state index is 11.7. The van der Waals surface area contributed by atoms with Crippen molar-refractivity contribution in [1.82, 2.24) is 0 Å². The van der Waals surface area contributed by atoms with Gasteiger partial charge in [0.2, 0.25) is 0 Å². The molecule has 4 heteroatoms. The Hall–Kier alpha value is -0.290. The van der Waals surface area contributed by atoms with Crippen molar-refractivity contribution in [1.29, 1.82) is 0 Å². The number of ketones is 1. The minimum Gasteiger partial charge on any atom is -0.367 e. The van der Waals surface area contributed by atoms with Gasteiger partial charge in [0.25, 0.3) is 0 Å². The zero-order valence-corrected chi connectivity index (χ0v) is 12.8. The highest BCUT2D eigenvalue weighted by Gasteiger charge is 2.31. The van der Waals surface area contributed by atoms with Gasteiger partial charge in [-0.2, -0.15) is 0 Å². The van der Waals surface area contributed by atoms with Crippen LogP contribution in [0, 0.1) is 9.49 Å². The molecule has 0 saturated carbocycles. The summed E-state index contributed by atoms with van der Waals surface area (Å²) in [6.07, 6.45) is 0.643. The number of rotatable bonds is 1. The summed E-state index contributed by atoms with van der Waals surface area (Å²) >= 11 is 8.27. The predicted molar refractivity (Wildman–Crippen MR) is 79.8 cm³/mol. The highest BCUT2D eigenvalue weighted by molar-refractivity contribution is 14.1. The van der Waals surface area contributed by atoms with Crippen LogP contribution < -0.4 is 4.90 Å². The molecule has 1 fully saturated rings. The summed E-state index contributed by atoms with van der Waals surface area (Å²) in [4.78, 5) is 14.0. The fourth-order valence-electron chi connectivity index (χ4n) is 2.25. The van der Waals surface area contributed by atoms with Gasteiger partial charge in [-0.1, -0.05) is 18.5 Å². The lowest BCUT2D eigenvalue weighted by Gasteiger charge is -2.39. The summed E-state index contributed by atoms with van der Waals surface area (Å²) in [6, 6.07) is 6.17. The highest BCUT2D eigenvalue weighted by Crippen LogP contribution is 2.31. The molecule has 2 nitrogen and oxygen atoms in total. The molecule has 1 aromatic carbocycles. The van der Waals surface area contributed by atoms with E-state index in [0.717, 1.165) is 15.1 Å². The Kier molecular flexibility index (Phi) is 3.98. The van der Waals surface area contributed by atoms with E-state index in [1.54, 1.807) is 0 Å². The van der Waals surface area contributed by atoms with Crippen LogP contribution in [0.2, 0.25) is 5.02 Å². The van der Waals surface area contributed by atoms with E-state index in [9.17, 15) is 4.79 Å². The lowest BCUT2D eigenvalue weighted by atomic mass is 9.90. The van der Waals surface area contributed by atoms with E-state index in [0.29, 0.717) is 12.2 Å². The van der Waals surface area contributed by atoms with Gasteiger partial charge < -0.3 is 4.90 Å². The summed E-state index contributed by atoms with van der Waals surface area (Å²) in [5.74, 6) is 0.480. The Morgan fingerprint density at radius 1 is 1.41 bits per heavy atom. The third-order valence-electron chi connectivity index (χ3n) is 3.54. The maximum Gasteiger partial charge on any atom is 0.139 e. The fraction of sp³-hybridized carbons (Fsp3) is 0.462. The van der Waals surface area contributed by atoms with Gasteiger partial charge in [0.05, 0.1) is 5.69 Å². The number of nitrogens with zero attached hydrogens (tertiary/aromatic N) is 1. The Balaban J connectivity index is 2.31. The molecule has 92 valence electrons. The van der Waals surface area contributed by atoms with Crippen LogP contribution in [-0.4, -0.2) is 18.4 Å². The van der Waals surface area contributed by atoms with Crippen LogP contribution in [0.3, 0.4) is 0 Å². The topological polar surface area (TPSA) is 20.3 Å². The van der Waals surface area contributed by atoms with E-state index < -0.39 is 0 Å². The molecule has 2 rings (SSSR count). The van der Waals surface area contributed by atoms with Gasteiger partial charge in [-0.3, -0.25) is 4.79 Å². The molecule has 1 aromatic rings. The van der Waals surface area contributed by atoms with Crippen molar-refractivity contribution < 1.29 is 4.79 Å². The Labute approximate surface area is 120 Å². The smallest absolute Gasteiger partial charge is 0.139 e. The van der Waals surface area contributed by atoms with Crippen molar-refractivity contribution in [2.75, 3.05) is 11.4 Å². The molecule has 2 unspecified atom stereocenters. The molecule has 0 radical (unpaired) electrons. The average molecular weight is 364 g/mol. The first-order valence-electron chi connectivity index (χ1n) is 5.75. The van der Waals surface area contributed by atoms with Gasteiger partial charge in [-0.05, 0) is 47.7 Å². The third-order valence-corrected chi connectivity index (χ3v) is 4.64. The number of piperidine rings is 1. The molecular weight excluding hydrogens is 349 g/mol. The number of carbonyl (C=O) groups excluding carboxylic acids is 1. The number of Topliss-reactive ketones (excluding diaryl/α,β-unsaturated/α-hetero) is 1. The van der Waals surface area contributed by atoms with Crippen LogP contribution in [0.4, 0.5) is 5.69 Å². The molecule has 0 aromatic heterocycles. The largest absolute Gasteiger partial charge is 0.367 e. The molecule has 0 spiro atoms. The summed E-state index contributed by atoms with van der Waals surface area (Å²) in [5, 5.41) is 0.756. The predicted octanol–water partition coefficient (Wildman–Crippen LogP) is 3.75. The van der Waals surface area contributed by atoms with E-state index in [4.69, 9.17) is 11.6 Å². The number of hydrogen-bond acceptors (Lipinski definition) is 2. The van der Waals surface area contributed by atoms with Crippen molar-refractivity contribution in [2.24, 2.45) is 5.92 Å². The molecule has 0 bridgehead atoms. The first-order chi connectivity index (χ1) is 8.00. The number of anilines is 1. The van der Waals surface area contributed by atoms with E-state index in [-0.39, 0.29) is 12.0 Å². The second-order valence-electron chi connectivity index (χ2n) is 4.53. The van der Waals surface area contributed by atoms with Gasteiger partial charge in [0, 0.05) is 33.5 Å². The molecule has 1 aliphatic rings. The molecule has 1 saturated heterocycles. The molecule has 1 heterocycles. The summed E-state index contributed by atoms with van der Waals surface area (Å²) in [5.41, 5.74) is 1.18. The first kappa shape index (κ1) is 13.1. The van der Waals surface area contributed by atoms with Crippen LogP contribution in [0.5, 0.6) is 0 Å². The molecule has 0 amide bonds. The zero-order valence-electron chi connectivity index (χ0n) is 9.91. The summed E-state index contributed by atoms with van der Waals surface area (Å²) < 4.78 is 1.14. The van der Waals surface area contributed by atoms with Crippen LogP contribution in [0.25, 0.3) is 0 Å². The van der Waals surface area contributed by atoms with Crippen molar-refractivity contribution in [3.63, 3.8) is 0 Å². The van der Waals surface area contributed by atoms with Crippen LogP contribution in [-0.2, 0) is 4.79 Å². The number of benzene rings is 1. The summed E-state index contributed by atoms with van der Waals surface area (Å²) in [6.45, 7) is 4.94. The molecule has 1 aliphatic heterocycles. The van der Waals surface area contributed by atoms with E-state index in [2.05, 4.69) is 34.4 Å². The number of carbonyl (C=O) groups is 1. The Morgan fingerprint density at radius 2 is 2.12 bits per heavy atom. The van der Waals surface area contributed by atoms with Crippen molar-refractivity contribution >= 4 is 45.7 Å². The minimum absolute atomic E-state index is 0.107. The average Bonchev–Trinajstić information content (AvgIpc) is 2.28. The normalized spacial score (nSPS) is 25.2. The van der Waals surface area contributed by atoms with Gasteiger partial charge in [0.15, 0.2) is 0 Å². The SMILES string of the molecule is CC1C(=O)CCN(c2ccc(Cl)cc2I)C1C. The van der Waals surface area contributed by atoms with Gasteiger partial charge >= 0.3 is 0 Å². The van der Waals surface area contributed by atoms with Gasteiger partial charge in [-0.15, -0.1) is 0 Å². The van der Waals surface area contributed by atoms with Crippen molar-refractivity contribution in [3.05, 3.63) is 26.8 Å². The van der Waals surface area contributed by atoms with E-state index in [1.807, 2.05) is 25.1 Å². The second-order valence-corrected chi connectivity index (χ2v) is 6.13. The highest BCUT2D eigenvalue weighted by atomic mass is 127.